The standard InChI is InChI=1S/C17H25N3O3.ClH/c1-16(2,3)20-14(21)12-5-4-6-13(11-12)19-15(22)17(18)7-9-23-10-8-17;/h4-6,11H,7-10,18H2,1-3H3,(H,19,22)(H,20,21);1H. The van der Waals surface area contributed by atoms with Crippen molar-refractivity contribution in [1.82, 2.24) is 5.32 Å². The van der Waals surface area contributed by atoms with E-state index in [1.807, 2.05) is 20.8 Å². The van der Waals surface area contributed by atoms with Gasteiger partial charge in [-0.05, 0) is 51.8 Å². The van der Waals surface area contributed by atoms with Crippen LogP contribution in [-0.4, -0.2) is 36.1 Å². The molecule has 1 aromatic rings. The van der Waals surface area contributed by atoms with Crippen molar-refractivity contribution < 1.29 is 14.3 Å². The number of carbonyl (C=O) groups is 2. The Morgan fingerprint density at radius 1 is 1.21 bits per heavy atom. The first-order valence-corrected chi connectivity index (χ1v) is 7.80. The highest BCUT2D eigenvalue weighted by Gasteiger charge is 2.35. The predicted octanol–water partition coefficient (Wildman–Crippen LogP) is 2.08. The number of rotatable bonds is 3. The minimum atomic E-state index is -0.915. The molecule has 24 heavy (non-hydrogen) atoms. The Labute approximate surface area is 148 Å². The molecule has 1 aliphatic heterocycles. The zero-order valence-corrected chi connectivity index (χ0v) is 15.2. The van der Waals surface area contributed by atoms with E-state index in [1.165, 1.54) is 0 Å². The summed E-state index contributed by atoms with van der Waals surface area (Å²) in [6.45, 7) is 6.72. The van der Waals surface area contributed by atoms with Crippen molar-refractivity contribution >= 4 is 29.9 Å². The number of hydrogen-bond donors (Lipinski definition) is 3. The summed E-state index contributed by atoms with van der Waals surface area (Å²) in [6.07, 6.45) is 0.978. The predicted molar refractivity (Wildman–Crippen MR) is 96.5 cm³/mol. The van der Waals surface area contributed by atoms with Crippen LogP contribution in [0.4, 0.5) is 5.69 Å². The third-order valence-corrected chi connectivity index (χ3v) is 3.71. The van der Waals surface area contributed by atoms with E-state index in [9.17, 15) is 9.59 Å². The first-order valence-electron chi connectivity index (χ1n) is 7.80. The summed E-state index contributed by atoms with van der Waals surface area (Å²) in [5.74, 6) is -0.420. The van der Waals surface area contributed by atoms with Crippen LogP contribution >= 0.6 is 12.4 Å². The molecule has 1 saturated heterocycles. The zero-order chi connectivity index (χ0) is 17.1. The van der Waals surface area contributed by atoms with E-state index >= 15 is 0 Å². The second kappa shape index (κ2) is 7.96. The number of halogens is 1. The minimum absolute atomic E-state index is 0. The molecule has 0 saturated carbocycles. The van der Waals surface area contributed by atoms with Crippen molar-refractivity contribution in [2.24, 2.45) is 5.73 Å². The Bertz CT molecular complexity index is 593. The fourth-order valence-corrected chi connectivity index (χ4v) is 2.37. The van der Waals surface area contributed by atoms with Gasteiger partial charge in [0.15, 0.2) is 0 Å². The van der Waals surface area contributed by atoms with E-state index < -0.39 is 5.54 Å². The fourth-order valence-electron chi connectivity index (χ4n) is 2.37. The van der Waals surface area contributed by atoms with Crippen molar-refractivity contribution in [2.45, 2.75) is 44.7 Å². The van der Waals surface area contributed by atoms with Crippen LogP contribution in [0.3, 0.4) is 0 Å². The maximum atomic E-state index is 12.4. The summed E-state index contributed by atoms with van der Waals surface area (Å²) in [5.41, 5.74) is 5.98. The number of amides is 2. The summed E-state index contributed by atoms with van der Waals surface area (Å²) >= 11 is 0. The van der Waals surface area contributed by atoms with Gasteiger partial charge in [0.05, 0.1) is 0 Å². The summed E-state index contributed by atoms with van der Waals surface area (Å²) in [6, 6.07) is 6.85. The first kappa shape index (κ1) is 20.4. The molecule has 6 nitrogen and oxygen atoms in total. The fraction of sp³-hybridized carbons (Fsp3) is 0.529. The van der Waals surface area contributed by atoms with Gasteiger partial charge in [0, 0.05) is 30.0 Å². The first-order chi connectivity index (χ1) is 10.7. The Balaban J connectivity index is 0.00000288. The topological polar surface area (TPSA) is 93.5 Å². The second-order valence-electron chi connectivity index (χ2n) is 7.01. The van der Waals surface area contributed by atoms with Gasteiger partial charge < -0.3 is 21.1 Å². The van der Waals surface area contributed by atoms with Crippen LogP contribution in [0.25, 0.3) is 0 Å². The summed E-state index contributed by atoms with van der Waals surface area (Å²) in [4.78, 5) is 24.6. The van der Waals surface area contributed by atoms with Crippen molar-refractivity contribution in [1.29, 1.82) is 0 Å². The van der Waals surface area contributed by atoms with Gasteiger partial charge in [0.25, 0.3) is 5.91 Å². The molecule has 0 atom stereocenters. The second-order valence-corrected chi connectivity index (χ2v) is 7.01. The zero-order valence-electron chi connectivity index (χ0n) is 14.3. The number of nitrogens with one attached hydrogen (secondary N) is 2. The molecular weight excluding hydrogens is 330 g/mol. The Morgan fingerprint density at radius 3 is 2.42 bits per heavy atom. The molecule has 2 amide bonds. The van der Waals surface area contributed by atoms with Crippen LogP contribution in [0.1, 0.15) is 44.0 Å². The Kier molecular flexibility index (Phi) is 6.77. The highest BCUT2D eigenvalue weighted by molar-refractivity contribution is 6.00. The van der Waals surface area contributed by atoms with Gasteiger partial charge in [-0.3, -0.25) is 9.59 Å². The highest BCUT2D eigenvalue weighted by atomic mass is 35.5. The Hall–Kier alpha value is -1.63. The maximum Gasteiger partial charge on any atom is 0.251 e. The monoisotopic (exact) mass is 355 g/mol. The van der Waals surface area contributed by atoms with Crippen LogP contribution in [-0.2, 0) is 9.53 Å². The van der Waals surface area contributed by atoms with Crippen molar-refractivity contribution in [3.63, 3.8) is 0 Å². The maximum absolute atomic E-state index is 12.4. The molecule has 0 bridgehead atoms. The van der Waals surface area contributed by atoms with Crippen LogP contribution in [0, 0.1) is 0 Å². The van der Waals surface area contributed by atoms with Gasteiger partial charge in [-0.25, -0.2) is 0 Å². The van der Waals surface area contributed by atoms with Crippen LogP contribution < -0.4 is 16.4 Å². The minimum Gasteiger partial charge on any atom is -0.381 e. The lowest BCUT2D eigenvalue weighted by Gasteiger charge is -2.31. The number of anilines is 1. The molecule has 0 aliphatic carbocycles. The lowest BCUT2D eigenvalue weighted by Crippen LogP contribution is -2.54. The number of nitrogens with two attached hydrogens (primary N) is 1. The number of benzene rings is 1. The molecule has 1 fully saturated rings. The number of hydrogen-bond acceptors (Lipinski definition) is 4. The summed E-state index contributed by atoms with van der Waals surface area (Å²) in [5, 5.41) is 5.70. The van der Waals surface area contributed by atoms with E-state index in [2.05, 4.69) is 10.6 Å². The molecule has 7 heteroatoms. The average molecular weight is 356 g/mol. The normalized spacial score (nSPS) is 16.7. The van der Waals surface area contributed by atoms with E-state index in [-0.39, 0.29) is 29.8 Å². The number of ether oxygens (including phenoxy) is 1. The van der Waals surface area contributed by atoms with E-state index in [0.29, 0.717) is 37.3 Å². The molecule has 4 N–H and O–H groups in total. The third kappa shape index (κ3) is 5.47. The number of carbonyl (C=O) groups excluding carboxylic acids is 2. The van der Waals surface area contributed by atoms with Gasteiger partial charge in [0.1, 0.15) is 5.54 Å². The lowest BCUT2D eigenvalue weighted by atomic mass is 9.90. The molecule has 0 radical (unpaired) electrons. The van der Waals surface area contributed by atoms with Crippen LogP contribution in [0.15, 0.2) is 24.3 Å². The molecule has 0 spiro atoms. The summed E-state index contributed by atoms with van der Waals surface area (Å²) < 4.78 is 5.25. The highest BCUT2D eigenvalue weighted by Crippen LogP contribution is 2.21. The SMILES string of the molecule is CC(C)(C)NC(=O)c1cccc(NC(=O)C2(N)CCOCC2)c1.Cl. The quantitative estimate of drug-likeness (QED) is 0.773. The van der Waals surface area contributed by atoms with Gasteiger partial charge in [-0.2, -0.15) is 0 Å². The van der Waals surface area contributed by atoms with Crippen LogP contribution in [0.5, 0.6) is 0 Å². The van der Waals surface area contributed by atoms with E-state index in [1.54, 1.807) is 24.3 Å². The van der Waals surface area contributed by atoms with Crippen LogP contribution in [0.2, 0.25) is 0 Å². The largest absolute Gasteiger partial charge is 0.381 e. The molecule has 2 rings (SSSR count). The van der Waals surface area contributed by atoms with Gasteiger partial charge in [-0.1, -0.05) is 6.07 Å². The van der Waals surface area contributed by atoms with Gasteiger partial charge in [-0.15, -0.1) is 12.4 Å². The molecular formula is C17H26ClN3O3. The van der Waals surface area contributed by atoms with Crippen molar-refractivity contribution in [3.8, 4) is 0 Å². The van der Waals surface area contributed by atoms with Gasteiger partial charge in [0.2, 0.25) is 5.91 Å². The van der Waals surface area contributed by atoms with Gasteiger partial charge >= 0.3 is 0 Å². The lowest BCUT2D eigenvalue weighted by molar-refractivity contribution is -0.124. The summed E-state index contributed by atoms with van der Waals surface area (Å²) in [7, 11) is 0. The molecule has 134 valence electrons. The van der Waals surface area contributed by atoms with Crippen molar-refractivity contribution in [3.05, 3.63) is 29.8 Å². The smallest absolute Gasteiger partial charge is 0.251 e. The van der Waals surface area contributed by atoms with E-state index in [4.69, 9.17) is 10.5 Å². The third-order valence-electron chi connectivity index (χ3n) is 3.71. The Morgan fingerprint density at radius 2 is 1.83 bits per heavy atom. The average Bonchev–Trinajstić information content (AvgIpc) is 2.46. The molecule has 1 aliphatic rings. The molecule has 1 aromatic carbocycles. The van der Waals surface area contributed by atoms with E-state index in [0.717, 1.165) is 0 Å². The van der Waals surface area contributed by atoms with Crippen molar-refractivity contribution in [2.75, 3.05) is 18.5 Å². The molecule has 0 aromatic heterocycles. The molecule has 0 unspecified atom stereocenters. The molecule has 1 heterocycles.